The lowest BCUT2D eigenvalue weighted by molar-refractivity contribution is 0.280. The van der Waals surface area contributed by atoms with Gasteiger partial charge in [0.2, 0.25) is 5.88 Å². The summed E-state index contributed by atoms with van der Waals surface area (Å²) in [4.78, 5) is 4.52. The maximum absolute atomic E-state index is 9.38. The van der Waals surface area contributed by atoms with Gasteiger partial charge in [0.05, 0.1) is 6.61 Å². The number of hydrogen-bond acceptors (Lipinski definition) is 3. The number of para-hydroxylation sites is 1. The van der Waals surface area contributed by atoms with Gasteiger partial charge in [-0.3, -0.25) is 0 Å². The van der Waals surface area contributed by atoms with Crippen LogP contribution >= 0.6 is 0 Å². The Morgan fingerprint density at radius 2 is 2.00 bits per heavy atom. The largest absolute Gasteiger partial charge is 0.438 e. The van der Waals surface area contributed by atoms with Crippen LogP contribution in [0.15, 0.2) is 42.5 Å². The maximum atomic E-state index is 9.38. The first-order chi connectivity index (χ1) is 10.1. The van der Waals surface area contributed by atoms with Crippen LogP contribution in [0.1, 0.15) is 43.5 Å². The highest BCUT2D eigenvalue weighted by atomic mass is 16.5. The number of aromatic nitrogens is 1. The molecule has 0 aliphatic heterocycles. The molecule has 1 heterocycles. The van der Waals surface area contributed by atoms with Gasteiger partial charge >= 0.3 is 0 Å². The second kappa shape index (κ2) is 7.04. The Hall–Kier alpha value is -2.13. The van der Waals surface area contributed by atoms with Crippen molar-refractivity contribution in [1.29, 1.82) is 0 Å². The Morgan fingerprint density at radius 3 is 2.67 bits per heavy atom. The molecule has 1 aromatic heterocycles. The molecule has 110 valence electrons. The van der Waals surface area contributed by atoms with Gasteiger partial charge in [-0.15, -0.1) is 0 Å². The number of nitrogens with zero attached hydrogens (tertiary/aromatic N) is 1. The van der Waals surface area contributed by atoms with Gasteiger partial charge in [0, 0.05) is 17.3 Å². The fourth-order valence-electron chi connectivity index (χ4n) is 2.02. The molecule has 0 saturated carbocycles. The molecular weight excluding hydrogens is 262 g/mol. The van der Waals surface area contributed by atoms with Gasteiger partial charge in [-0.05, 0) is 30.5 Å². The van der Waals surface area contributed by atoms with Gasteiger partial charge in [0.25, 0.3) is 0 Å². The van der Waals surface area contributed by atoms with E-state index in [0.29, 0.717) is 5.88 Å². The van der Waals surface area contributed by atoms with Gasteiger partial charge in [-0.2, -0.15) is 0 Å². The molecule has 0 saturated heterocycles. The van der Waals surface area contributed by atoms with E-state index >= 15 is 0 Å². The van der Waals surface area contributed by atoms with Crippen LogP contribution in [-0.4, -0.2) is 10.1 Å². The van der Waals surface area contributed by atoms with Crippen LogP contribution in [0, 0.1) is 0 Å². The minimum absolute atomic E-state index is 0.0187. The van der Waals surface area contributed by atoms with Gasteiger partial charge in [-0.1, -0.05) is 44.2 Å². The molecule has 0 aliphatic rings. The summed E-state index contributed by atoms with van der Waals surface area (Å²) in [5.41, 5.74) is 2.73. The number of rotatable bonds is 5. The summed E-state index contributed by atoms with van der Waals surface area (Å²) in [6.07, 6.45) is 3.97. The van der Waals surface area contributed by atoms with Crippen LogP contribution in [-0.2, 0) is 6.61 Å². The van der Waals surface area contributed by atoms with Crippen LogP contribution in [0.25, 0.3) is 6.08 Å². The second-order valence-electron chi connectivity index (χ2n) is 5.19. The number of hydrogen-bond donors (Lipinski definition) is 1. The van der Waals surface area contributed by atoms with Crippen LogP contribution in [0.2, 0.25) is 0 Å². The predicted octanol–water partition coefficient (Wildman–Crippen LogP) is 4.52. The number of pyridine rings is 1. The second-order valence-corrected chi connectivity index (χ2v) is 5.19. The number of aliphatic hydroxyl groups is 1. The molecule has 1 aromatic carbocycles. The van der Waals surface area contributed by atoms with E-state index in [2.05, 4.69) is 18.8 Å². The van der Waals surface area contributed by atoms with Crippen molar-refractivity contribution >= 4 is 6.08 Å². The molecule has 2 aromatic rings. The Kier molecular flexibility index (Phi) is 5.12. The quantitative estimate of drug-likeness (QED) is 0.877. The Balaban J connectivity index is 2.37. The molecule has 0 atom stereocenters. The zero-order chi connectivity index (χ0) is 15.2. The number of benzene rings is 1. The summed E-state index contributed by atoms with van der Waals surface area (Å²) < 4.78 is 5.92. The van der Waals surface area contributed by atoms with E-state index in [1.54, 1.807) is 6.07 Å². The highest BCUT2D eigenvalue weighted by Gasteiger charge is 2.09. The number of aliphatic hydroxyl groups excluding tert-OH is 1. The molecule has 0 bridgehead atoms. The van der Waals surface area contributed by atoms with Crippen molar-refractivity contribution in [3.8, 4) is 11.6 Å². The number of allylic oxidation sites excluding steroid dienone is 1. The average molecular weight is 283 g/mol. The van der Waals surface area contributed by atoms with Gasteiger partial charge in [-0.25, -0.2) is 4.98 Å². The third-order valence-electron chi connectivity index (χ3n) is 3.14. The van der Waals surface area contributed by atoms with Crippen LogP contribution in [0.4, 0.5) is 0 Å². The Morgan fingerprint density at radius 1 is 1.24 bits per heavy atom. The Bertz CT molecular complexity index is 633. The monoisotopic (exact) mass is 283 g/mol. The molecule has 2 rings (SSSR count). The molecular formula is C18H21NO2. The lowest BCUT2D eigenvalue weighted by atomic mass is 10.1. The third kappa shape index (κ3) is 3.92. The van der Waals surface area contributed by atoms with Crippen molar-refractivity contribution in [2.75, 3.05) is 0 Å². The van der Waals surface area contributed by atoms with Crippen LogP contribution in [0.5, 0.6) is 11.6 Å². The van der Waals surface area contributed by atoms with Crippen molar-refractivity contribution in [2.24, 2.45) is 0 Å². The topological polar surface area (TPSA) is 42.4 Å². The van der Waals surface area contributed by atoms with E-state index in [-0.39, 0.29) is 12.5 Å². The minimum Gasteiger partial charge on any atom is -0.438 e. The lowest BCUT2D eigenvalue weighted by Crippen LogP contribution is -1.99. The molecule has 0 spiro atoms. The normalized spacial score (nSPS) is 11.3. The first-order valence-corrected chi connectivity index (χ1v) is 7.15. The molecule has 0 radical (unpaired) electrons. The van der Waals surface area contributed by atoms with Crippen molar-refractivity contribution in [3.63, 3.8) is 0 Å². The van der Waals surface area contributed by atoms with Crippen molar-refractivity contribution in [1.82, 2.24) is 4.98 Å². The smallest absolute Gasteiger partial charge is 0.219 e. The standard InChI is InChI=1S/C18H21NO2/c1-4-7-15-8-5-6-9-17(15)21-18-11-14(12-20)10-16(19-18)13(2)3/h4-11,13,20H,12H2,1-3H3/b7-4+. The third-order valence-corrected chi connectivity index (χ3v) is 3.14. The Labute approximate surface area is 125 Å². The molecule has 0 fully saturated rings. The lowest BCUT2D eigenvalue weighted by Gasteiger charge is -2.12. The number of ether oxygens (including phenoxy) is 1. The fraction of sp³-hybridized carbons (Fsp3) is 0.278. The van der Waals surface area contributed by atoms with Gasteiger partial charge in [0.1, 0.15) is 5.75 Å². The zero-order valence-electron chi connectivity index (χ0n) is 12.7. The van der Waals surface area contributed by atoms with Crippen molar-refractivity contribution < 1.29 is 9.84 Å². The van der Waals surface area contributed by atoms with E-state index in [9.17, 15) is 5.11 Å². The predicted molar refractivity (Wildman–Crippen MR) is 85.5 cm³/mol. The molecule has 3 heteroatoms. The summed E-state index contributed by atoms with van der Waals surface area (Å²) in [5.74, 6) is 1.56. The summed E-state index contributed by atoms with van der Waals surface area (Å²) in [6, 6.07) is 11.5. The van der Waals surface area contributed by atoms with Crippen molar-refractivity contribution in [3.05, 3.63) is 59.3 Å². The van der Waals surface area contributed by atoms with E-state index in [0.717, 1.165) is 22.6 Å². The molecule has 1 N–H and O–H groups in total. The van der Waals surface area contributed by atoms with E-state index < -0.39 is 0 Å². The van der Waals surface area contributed by atoms with Gasteiger partial charge in [0.15, 0.2) is 0 Å². The van der Waals surface area contributed by atoms with E-state index in [1.807, 2.05) is 49.4 Å². The molecule has 21 heavy (non-hydrogen) atoms. The van der Waals surface area contributed by atoms with E-state index in [1.165, 1.54) is 0 Å². The first-order valence-electron chi connectivity index (χ1n) is 7.15. The summed E-state index contributed by atoms with van der Waals surface area (Å²) >= 11 is 0. The summed E-state index contributed by atoms with van der Waals surface area (Å²) in [7, 11) is 0. The molecule has 0 unspecified atom stereocenters. The van der Waals surface area contributed by atoms with E-state index in [4.69, 9.17) is 4.74 Å². The molecule has 0 amide bonds. The summed E-state index contributed by atoms with van der Waals surface area (Å²) in [5, 5.41) is 9.38. The SMILES string of the molecule is C/C=C/c1ccccc1Oc1cc(CO)cc(C(C)C)n1. The van der Waals surface area contributed by atoms with Crippen molar-refractivity contribution in [2.45, 2.75) is 33.3 Å². The minimum atomic E-state index is -0.0187. The fourth-order valence-corrected chi connectivity index (χ4v) is 2.02. The highest BCUT2D eigenvalue weighted by Crippen LogP contribution is 2.27. The maximum Gasteiger partial charge on any atom is 0.219 e. The van der Waals surface area contributed by atoms with Crippen LogP contribution in [0.3, 0.4) is 0 Å². The zero-order valence-corrected chi connectivity index (χ0v) is 12.7. The van der Waals surface area contributed by atoms with Crippen LogP contribution < -0.4 is 4.74 Å². The first kappa shape index (κ1) is 15.3. The summed E-state index contributed by atoms with van der Waals surface area (Å²) in [6.45, 7) is 6.09. The average Bonchev–Trinajstić information content (AvgIpc) is 2.49. The highest BCUT2D eigenvalue weighted by molar-refractivity contribution is 5.57. The molecule has 3 nitrogen and oxygen atoms in total. The van der Waals surface area contributed by atoms with Gasteiger partial charge < -0.3 is 9.84 Å². The molecule has 0 aliphatic carbocycles.